The van der Waals surface area contributed by atoms with Gasteiger partial charge in [-0.25, -0.2) is 16.8 Å². The highest BCUT2D eigenvalue weighted by Crippen LogP contribution is 2.29. The van der Waals surface area contributed by atoms with Crippen LogP contribution in [0.4, 0.5) is 11.4 Å². The van der Waals surface area contributed by atoms with Gasteiger partial charge < -0.3 is 14.8 Å². The largest absolute Gasteiger partial charge is 0.493 e. The molecule has 0 aliphatic heterocycles. The molecule has 0 fully saturated rings. The average molecular weight is 444 g/mol. The lowest BCUT2D eigenvalue weighted by Crippen LogP contribution is -2.31. The van der Waals surface area contributed by atoms with E-state index in [2.05, 4.69) is 10.0 Å². The Balaban J connectivity index is 2.00. The van der Waals surface area contributed by atoms with Crippen molar-refractivity contribution < 1.29 is 26.3 Å². The van der Waals surface area contributed by atoms with Crippen LogP contribution in [-0.2, 0) is 20.0 Å². The lowest BCUT2D eigenvalue weighted by atomic mass is 10.2. The summed E-state index contributed by atoms with van der Waals surface area (Å²) in [6, 6.07) is 10.9. The molecule has 11 heteroatoms. The average Bonchev–Trinajstić information content (AvgIpc) is 2.66. The van der Waals surface area contributed by atoms with E-state index in [1.807, 2.05) is 6.07 Å². The van der Waals surface area contributed by atoms with Crippen LogP contribution in [0.2, 0.25) is 0 Å². The molecule has 2 N–H and O–H groups in total. The molecule has 160 valence electrons. The predicted molar refractivity (Wildman–Crippen MR) is 113 cm³/mol. The van der Waals surface area contributed by atoms with Crippen LogP contribution in [-0.4, -0.2) is 61.8 Å². The fourth-order valence-corrected chi connectivity index (χ4v) is 4.25. The second-order valence-electron chi connectivity index (χ2n) is 6.22. The zero-order valence-electron chi connectivity index (χ0n) is 16.7. The van der Waals surface area contributed by atoms with E-state index in [4.69, 9.17) is 9.47 Å². The van der Waals surface area contributed by atoms with Gasteiger partial charge in [0.15, 0.2) is 11.5 Å². The fourth-order valence-electron chi connectivity index (χ4n) is 2.51. The van der Waals surface area contributed by atoms with Gasteiger partial charge in [-0.2, -0.15) is 4.31 Å². The van der Waals surface area contributed by atoms with Crippen LogP contribution in [0.3, 0.4) is 0 Å². The lowest BCUT2D eigenvalue weighted by molar-refractivity contribution is 0.355. The molecule has 0 aromatic heterocycles. The Labute approximate surface area is 171 Å². The Hall–Kier alpha value is -2.50. The van der Waals surface area contributed by atoms with Crippen molar-refractivity contribution >= 4 is 31.4 Å². The highest BCUT2D eigenvalue weighted by molar-refractivity contribution is 7.92. The van der Waals surface area contributed by atoms with Gasteiger partial charge in [0.05, 0.1) is 25.4 Å². The number of hydrogen-bond acceptors (Lipinski definition) is 7. The maximum absolute atomic E-state index is 12.7. The van der Waals surface area contributed by atoms with Crippen LogP contribution in [0, 0.1) is 0 Å². The van der Waals surface area contributed by atoms with Gasteiger partial charge >= 0.3 is 0 Å². The summed E-state index contributed by atoms with van der Waals surface area (Å²) < 4.78 is 61.8. The number of ether oxygens (including phenoxy) is 2. The van der Waals surface area contributed by atoms with Gasteiger partial charge in [-0.3, -0.25) is 4.72 Å². The summed E-state index contributed by atoms with van der Waals surface area (Å²) >= 11 is 0. The van der Waals surface area contributed by atoms with E-state index in [1.54, 1.807) is 26.4 Å². The molecule has 0 bridgehead atoms. The number of likely N-dealkylation sites (N-methyl/N-ethyl adjacent to an activating group) is 1. The molecule has 0 aliphatic carbocycles. The van der Waals surface area contributed by atoms with Crippen LogP contribution < -0.4 is 19.5 Å². The van der Waals surface area contributed by atoms with E-state index in [1.165, 1.54) is 35.6 Å². The smallest absolute Gasteiger partial charge is 0.242 e. The summed E-state index contributed by atoms with van der Waals surface area (Å²) in [5.41, 5.74) is 1.06. The van der Waals surface area contributed by atoms with Gasteiger partial charge in [0.25, 0.3) is 0 Å². The molecule has 2 aromatic carbocycles. The quantitative estimate of drug-likeness (QED) is 0.576. The normalized spacial score (nSPS) is 11.9. The van der Waals surface area contributed by atoms with Crippen molar-refractivity contribution in [2.75, 3.05) is 50.7 Å². The van der Waals surface area contributed by atoms with Gasteiger partial charge in [0.2, 0.25) is 20.0 Å². The number of nitrogens with one attached hydrogen (secondary N) is 2. The van der Waals surface area contributed by atoms with Crippen LogP contribution in [0.1, 0.15) is 0 Å². The van der Waals surface area contributed by atoms with E-state index < -0.39 is 20.0 Å². The molecule has 0 spiro atoms. The van der Waals surface area contributed by atoms with Crippen molar-refractivity contribution in [3.05, 3.63) is 42.5 Å². The second-order valence-corrected chi connectivity index (χ2v) is 10.0. The summed E-state index contributed by atoms with van der Waals surface area (Å²) in [6.07, 6.45) is 1.02. The molecule has 0 saturated heterocycles. The molecule has 0 heterocycles. The number of rotatable bonds is 10. The Kier molecular flexibility index (Phi) is 7.33. The minimum Gasteiger partial charge on any atom is -0.493 e. The zero-order valence-corrected chi connectivity index (χ0v) is 18.3. The van der Waals surface area contributed by atoms with Crippen LogP contribution in [0.25, 0.3) is 0 Å². The maximum Gasteiger partial charge on any atom is 0.242 e. The molecule has 29 heavy (non-hydrogen) atoms. The van der Waals surface area contributed by atoms with E-state index in [9.17, 15) is 16.8 Å². The van der Waals surface area contributed by atoms with Gasteiger partial charge in [-0.1, -0.05) is 0 Å². The van der Waals surface area contributed by atoms with Gasteiger partial charge in [-0.15, -0.1) is 0 Å². The van der Waals surface area contributed by atoms with Crippen molar-refractivity contribution in [1.29, 1.82) is 0 Å². The molecule has 0 saturated carbocycles. The monoisotopic (exact) mass is 443 g/mol. The summed E-state index contributed by atoms with van der Waals surface area (Å²) in [7, 11) is -2.56. The first kappa shape index (κ1) is 22.8. The molecule has 0 atom stereocenters. The first-order valence-electron chi connectivity index (χ1n) is 8.57. The Morgan fingerprint density at radius 1 is 0.897 bits per heavy atom. The SMILES string of the molecule is COc1ccc(NCCN(C)S(=O)(=O)c2ccc(NS(C)(=O)=O)cc2)cc1OC. The number of methoxy groups -OCH3 is 2. The standard InChI is InChI=1S/C18H25N3O6S2/c1-21(12-11-19-15-7-10-17(26-2)18(13-15)27-3)29(24,25)16-8-5-14(6-9-16)20-28(4,22)23/h5-10,13,19-20H,11-12H2,1-4H3. The van der Waals surface area contributed by atoms with Crippen molar-refractivity contribution in [3.8, 4) is 11.5 Å². The third-order valence-corrected chi connectivity index (χ3v) is 6.48. The number of benzene rings is 2. The first-order valence-corrected chi connectivity index (χ1v) is 11.9. The van der Waals surface area contributed by atoms with Crippen LogP contribution in [0.5, 0.6) is 11.5 Å². The van der Waals surface area contributed by atoms with E-state index in [0.29, 0.717) is 23.7 Å². The minimum absolute atomic E-state index is 0.0742. The topological polar surface area (TPSA) is 114 Å². The van der Waals surface area contributed by atoms with E-state index >= 15 is 0 Å². The van der Waals surface area contributed by atoms with Crippen LogP contribution >= 0.6 is 0 Å². The van der Waals surface area contributed by atoms with Crippen molar-refractivity contribution in [1.82, 2.24) is 4.31 Å². The van der Waals surface area contributed by atoms with Crippen molar-refractivity contribution in [3.63, 3.8) is 0 Å². The van der Waals surface area contributed by atoms with Gasteiger partial charge in [0.1, 0.15) is 0 Å². The van der Waals surface area contributed by atoms with Gasteiger partial charge in [0, 0.05) is 37.6 Å². The Morgan fingerprint density at radius 3 is 2.03 bits per heavy atom. The lowest BCUT2D eigenvalue weighted by Gasteiger charge is -2.18. The summed E-state index contributed by atoms with van der Waals surface area (Å²) in [5, 5.41) is 3.14. The molecular formula is C18H25N3O6S2. The number of anilines is 2. The van der Waals surface area contributed by atoms with Gasteiger partial charge in [-0.05, 0) is 36.4 Å². The molecule has 2 aromatic rings. The predicted octanol–water partition coefficient (Wildman–Crippen LogP) is 1.81. The highest BCUT2D eigenvalue weighted by Gasteiger charge is 2.20. The van der Waals surface area contributed by atoms with E-state index in [0.717, 1.165) is 11.9 Å². The molecule has 0 amide bonds. The fraction of sp³-hybridized carbons (Fsp3) is 0.333. The summed E-state index contributed by atoms with van der Waals surface area (Å²) in [5.74, 6) is 1.17. The second kappa shape index (κ2) is 9.33. The number of nitrogens with zero attached hydrogens (tertiary/aromatic N) is 1. The molecule has 0 unspecified atom stereocenters. The Morgan fingerprint density at radius 2 is 1.48 bits per heavy atom. The number of hydrogen-bond donors (Lipinski definition) is 2. The minimum atomic E-state index is -3.71. The highest BCUT2D eigenvalue weighted by atomic mass is 32.2. The van der Waals surface area contributed by atoms with Crippen molar-refractivity contribution in [2.45, 2.75) is 4.90 Å². The zero-order chi connectivity index (χ0) is 21.7. The summed E-state index contributed by atoms with van der Waals surface area (Å²) in [4.78, 5) is 0.0742. The molecule has 0 radical (unpaired) electrons. The number of sulfonamides is 2. The molecular weight excluding hydrogens is 418 g/mol. The molecule has 0 aliphatic rings. The van der Waals surface area contributed by atoms with Crippen molar-refractivity contribution in [2.24, 2.45) is 0 Å². The van der Waals surface area contributed by atoms with E-state index in [-0.39, 0.29) is 11.4 Å². The first-order chi connectivity index (χ1) is 13.6. The third kappa shape index (κ3) is 6.24. The van der Waals surface area contributed by atoms with Crippen LogP contribution in [0.15, 0.2) is 47.4 Å². The summed E-state index contributed by atoms with van der Waals surface area (Å²) in [6.45, 7) is 0.596. The molecule has 9 nitrogen and oxygen atoms in total. The maximum atomic E-state index is 12.7. The third-order valence-electron chi connectivity index (χ3n) is 4.01. The molecule has 2 rings (SSSR count). The Bertz CT molecular complexity index is 1040.